The topological polar surface area (TPSA) is 82.3 Å². The van der Waals surface area contributed by atoms with Gasteiger partial charge >= 0.3 is 5.43 Å². The van der Waals surface area contributed by atoms with Crippen molar-refractivity contribution in [2.75, 3.05) is 6.61 Å². The second-order valence-electron chi connectivity index (χ2n) is 4.37. The molecule has 110 valence electrons. The Morgan fingerprint density at radius 3 is 2.75 bits per heavy atom. The van der Waals surface area contributed by atoms with Crippen LogP contribution in [0.15, 0.2) is 23.4 Å². The van der Waals surface area contributed by atoms with Crippen LogP contribution in [0.5, 0.6) is 0 Å². The molecule has 20 heavy (non-hydrogen) atoms. The first kappa shape index (κ1) is 17.1. The minimum absolute atomic E-state index is 0.0346. The number of nitro groups is 1. The summed E-state index contributed by atoms with van der Waals surface area (Å²) in [5.74, 6) is 0. The summed E-state index contributed by atoms with van der Waals surface area (Å²) in [5.41, 5.74) is -0.844. The average molecular weight is 337 g/mol. The van der Waals surface area contributed by atoms with Crippen molar-refractivity contribution in [3.8, 4) is 0 Å². The Hall–Kier alpha value is -0.990. The summed E-state index contributed by atoms with van der Waals surface area (Å²) >= 11 is 5.08. The van der Waals surface area contributed by atoms with E-state index in [2.05, 4.69) is 9.72 Å². The van der Waals surface area contributed by atoms with Crippen molar-refractivity contribution < 1.29 is 14.5 Å². The minimum atomic E-state index is -0.810. The number of pyridine rings is 1. The third kappa shape index (κ3) is 6.44. The van der Waals surface area contributed by atoms with E-state index in [0.717, 1.165) is 0 Å². The van der Waals surface area contributed by atoms with Gasteiger partial charge in [-0.15, -0.1) is 0 Å². The van der Waals surface area contributed by atoms with Crippen LogP contribution in [0.4, 0.5) is 10.5 Å². The van der Waals surface area contributed by atoms with Gasteiger partial charge in [0.1, 0.15) is 11.2 Å². The largest absolute Gasteiger partial charge is 0.454 e. The number of carbonyl (C=O) groups excluding carboxylic acids is 1. The van der Waals surface area contributed by atoms with Gasteiger partial charge < -0.3 is 4.74 Å². The Bertz CT molecular complexity index is 482. The first-order valence-corrected chi connectivity index (χ1v) is 8.11. The van der Waals surface area contributed by atoms with E-state index < -0.39 is 10.4 Å². The summed E-state index contributed by atoms with van der Waals surface area (Å²) in [6, 6.07) is 3.02. The van der Waals surface area contributed by atoms with E-state index in [4.69, 9.17) is 11.6 Å². The van der Waals surface area contributed by atoms with Gasteiger partial charge in [0.25, 0.3) is 5.69 Å². The number of halogens is 1. The molecule has 0 radical (unpaired) electrons. The molecule has 0 aromatic carbocycles. The van der Waals surface area contributed by atoms with Gasteiger partial charge in [-0.25, -0.2) is 9.78 Å². The summed E-state index contributed by atoms with van der Waals surface area (Å²) in [6.45, 7) is 4.24. The molecular formula is C11H13ClN2O4S2. The number of hydrogen-bond acceptors (Lipinski definition) is 7. The highest BCUT2D eigenvalue weighted by molar-refractivity contribution is 8.77. The first-order chi connectivity index (χ1) is 9.30. The molecule has 9 heteroatoms. The molecule has 0 aliphatic heterocycles. The highest BCUT2D eigenvalue weighted by Gasteiger charge is 2.20. The molecule has 0 unspecified atom stereocenters. The molecule has 1 aromatic rings. The Morgan fingerprint density at radius 2 is 2.25 bits per heavy atom. The minimum Gasteiger partial charge on any atom is -0.454 e. The quantitative estimate of drug-likeness (QED) is 0.318. The van der Waals surface area contributed by atoms with Gasteiger partial charge in [-0.1, -0.05) is 10.8 Å². The average Bonchev–Trinajstić information content (AvgIpc) is 2.36. The second kappa shape index (κ2) is 7.70. The first-order valence-electron chi connectivity index (χ1n) is 5.58. The number of aromatic nitrogens is 1. The number of hydrogen-bond donors (Lipinski definition) is 0. The van der Waals surface area contributed by atoms with Crippen LogP contribution < -0.4 is 0 Å². The van der Waals surface area contributed by atoms with E-state index >= 15 is 0 Å². The number of carbonyl (C=O) groups is 1. The zero-order valence-corrected chi connectivity index (χ0v) is 13.3. The third-order valence-corrected chi connectivity index (χ3v) is 5.58. The van der Waals surface area contributed by atoms with Crippen LogP contribution in [0.25, 0.3) is 0 Å². The fourth-order valence-electron chi connectivity index (χ4n) is 1.10. The molecule has 0 saturated heterocycles. The van der Waals surface area contributed by atoms with Crippen molar-refractivity contribution in [1.29, 1.82) is 0 Å². The van der Waals surface area contributed by atoms with Crippen molar-refractivity contribution in [2.24, 2.45) is 0 Å². The zero-order chi connectivity index (χ0) is 15.2. The van der Waals surface area contributed by atoms with E-state index in [0.29, 0.717) is 11.4 Å². The van der Waals surface area contributed by atoms with Crippen molar-refractivity contribution >= 4 is 44.3 Å². The van der Waals surface area contributed by atoms with Crippen LogP contribution in [-0.4, -0.2) is 26.7 Å². The molecule has 0 spiro atoms. The number of rotatable bonds is 7. The van der Waals surface area contributed by atoms with Crippen molar-refractivity contribution in [2.45, 2.75) is 30.0 Å². The Kier molecular flexibility index (Phi) is 6.57. The molecule has 0 aliphatic rings. The van der Waals surface area contributed by atoms with Crippen LogP contribution >= 0.6 is 33.2 Å². The van der Waals surface area contributed by atoms with Crippen LogP contribution in [0, 0.1) is 10.1 Å². The van der Waals surface area contributed by atoms with Gasteiger partial charge in [0, 0.05) is 22.4 Å². The molecule has 0 N–H and O–H groups in total. The molecule has 0 amide bonds. The predicted molar refractivity (Wildman–Crippen MR) is 80.2 cm³/mol. The highest BCUT2D eigenvalue weighted by Crippen LogP contribution is 2.41. The van der Waals surface area contributed by atoms with Gasteiger partial charge in [0.2, 0.25) is 0 Å². The normalized spacial score (nSPS) is 11.2. The molecule has 6 nitrogen and oxygen atoms in total. The van der Waals surface area contributed by atoms with Gasteiger partial charge in [-0.3, -0.25) is 10.1 Å². The number of nitrogens with zero attached hydrogens (tertiary/aromatic N) is 2. The monoisotopic (exact) mass is 336 g/mol. The van der Waals surface area contributed by atoms with Crippen LogP contribution in [0.2, 0.25) is 0 Å². The SMILES string of the molecule is CC(C)(CCOC(=O)Cl)SSc1ccc([N+](=O)[O-])cn1. The van der Waals surface area contributed by atoms with Gasteiger partial charge in [0.05, 0.1) is 11.5 Å². The van der Waals surface area contributed by atoms with E-state index in [9.17, 15) is 14.9 Å². The molecule has 1 rings (SSSR count). The third-order valence-electron chi connectivity index (χ3n) is 2.20. The lowest BCUT2D eigenvalue weighted by molar-refractivity contribution is -0.385. The molecule has 0 fully saturated rings. The lowest BCUT2D eigenvalue weighted by atomic mass is 10.1. The zero-order valence-electron chi connectivity index (χ0n) is 10.9. The fourth-order valence-corrected chi connectivity index (χ4v) is 3.36. The summed E-state index contributed by atoms with van der Waals surface area (Å²) in [6.07, 6.45) is 1.86. The van der Waals surface area contributed by atoms with Gasteiger partial charge in [-0.2, -0.15) is 0 Å². The maximum atomic E-state index is 10.5. The summed E-state index contributed by atoms with van der Waals surface area (Å²) in [7, 11) is 2.96. The Labute approximate surface area is 129 Å². The van der Waals surface area contributed by atoms with Gasteiger partial charge in [0.15, 0.2) is 0 Å². The van der Waals surface area contributed by atoms with Crippen molar-refractivity contribution in [3.05, 3.63) is 28.4 Å². The van der Waals surface area contributed by atoms with Crippen LogP contribution in [-0.2, 0) is 4.74 Å². The van der Waals surface area contributed by atoms with E-state index in [1.807, 2.05) is 13.8 Å². The molecule has 0 atom stereocenters. The second-order valence-corrected chi connectivity index (χ2v) is 7.54. The van der Waals surface area contributed by atoms with Crippen LogP contribution in [0.1, 0.15) is 20.3 Å². The van der Waals surface area contributed by atoms with Gasteiger partial charge in [-0.05, 0) is 37.1 Å². The van der Waals surface area contributed by atoms with E-state index in [1.54, 1.807) is 16.9 Å². The summed E-state index contributed by atoms with van der Waals surface area (Å²) in [4.78, 5) is 24.5. The summed E-state index contributed by atoms with van der Waals surface area (Å²) < 4.78 is 4.53. The predicted octanol–water partition coefficient (Wildman–Crippen LogP) is 4.27. The van der Waals surface area contributed by atoms with E-state index in [-0.39, 0.29) is 17.0 Å². The molecule has 0 aliphatic carbocycles. The Morgan fingerprint density at radius 1 is 1.55 bits per heavy atom. The van der Waals surface area contributed by atoms with Crippen molar-refractivity contribution in [1.82, 2.24) is 4.98 Å². The Balaban J connectivity index is 2.44. The molecular weight excluding hydrogens is 324 g/mol. The molecule has 1 aromatic heterocycles. The molecule has 0 saturated carbocycles. The molecule has 0 bridgehead atoms. The fraction of sp³-hybridized carbons (Fsp3) is 0.455. The lowest BCUT2D eigenvalue weighted by Crippen LogP contribution is -2.16. The highest BCUT2D eigenvalue weighted by atomic mass is 35.5. The lowest BCUT2D eigenvalue weighted by Gasteiger charge is -2.22. The maximum absolute atomic E-state index is 10.5. The number of ether oxygens (including phenoxy) is 1. The van der Waals surface area contributed by atoms with Crippen molar-refractivity contribution in [3.63, 3.8) is 0 Å². The summed E-state index contributed by atoms with van der Waals surface area (Å²) in [5, 5.41) is 11.2. The van der Waals surface area contributed by atoms with Crippen LogP contribution in [0.3, 0.4) is 0 Å². The molecule has 1 heterocycles. The smallest absolute Gasteiger partial charge is 0.403 e. The maximum Gasteiger partial charge on any atom is 0.403 e. The standard InChI is InChI=1S/C11H13ClN2O4S2/c1-11(2,5-6-18-10(12)15)20-19-9-4-3-8(7-13-9)14(16)17/h3-4,7H,5-6H2,1-2H3. The van der Waals surface area contributed by atoms with E-state index in [1.165, 1.54) is 23.1 Å².